The topological polar surface area (TPSA) is 26.3 Å². The summed E-state index contributed by atoms with van der Waals surface area (Å²) in [5.41, 5.74) is 2.84. The highest BCUT2D eigenvalue weighted by Crippen LogP contribution is 2.11. The van der Waals surface area contributed by atoms with E-state index in [4.69, 9.17) is 4.74 Å². The predicted molar refractivity (Wildman–Crippen MR) is 96.1 cm³/mol. The van der Waals surface area contributed by atoms with Crippen LogP contribution in [0.15, 0.2) is 48.5 Å². The van der Waals surface area contributed by atoms with E-state index in [0.717, 1.165) is 5.56 Å². The summed E-state index contributed by atoms with van der Waals surface area (Å²) in [6, 6.07) is 16.1. The monoisotopic (exact) mass is 310 g/mol. The molecular weight excluding hydrogens is 288 g/mol. The van der Waals surface area contributed by atoms with Gasteiger partial charge in [0.25, 0.3) is 0 Å². The van der Waals surface area contributed by atoms with Gasteiger partial charge in [-0.25, -0.2) is 4.79 Å². The fourth-order valence-corrected chi connectivity index (χ4v) is 3.35. The van der Waals surface area contributed by atoms with Crippen LogP contribution < -0.4 is 5.19 Å². The van der Waals surface area contributed by atoms with Gasteiger partial charge in [0.1, 0.15) is 0 Å². The van der Waals surface area contributed by atoms with Crippen molar-refractivity contribution >= 4 is 31.4 Å². The Morgan fingerprint density at radius 3 is 2.18 bits per heavy atom. The molecule has 0 saturated carbocycles. The molecule has 0 aliphatic carbocycles. The summed E-state index contributed by atoms with van der Waals surface area (Å²) in [6.45, 7) is 7.05. The lowest BCUT2D eigenvalue weighted by atomic mass is 10.1. The molecule has 0 atom stereocenters. The SMILES string of the molecule is COC(=O)c1ccc(/C=C/c2cccc([Si](C)(C)C)c2)cc1. The quantitative estimate of drug-likeness (QED) is 0.481. The minimum Gasteiger partial charge on any atom is -0.465 e. The Labute approximate surface area is 133 Å². The zero-order valence-electron chi connectivity index (χ0n) is 13.6. The highest BCUT2D eigenvalue weighted by molar-refractivity contribution is 6.88. The number of esters is 1. The first-order valence-electron chi connectivity index (χ1n) is 7.37. The van der Waals surface area contributed by atoms with Crippen molar-refractivity contribution in [2.24, 2.45) is 0 Å². The van der Waals surface area contributed by atoms with Gasteiger partial charge >= 0.3 is 5.97 Å². The molecule has 0 N–H and O–H groups in total. The Morgan fingerprint density at radius 1 is 0.955 bits per heavy atom. The summed E-state index contributed by atoms with van der Waals surface area (Å²) in [5.74, 6) is -0.307. The summed E-state index contributed by atoms with van der Waals surface area (Å²) >= 11 is 0. The molecule has 0 aliphatic heterocycles. The normalized spacial score (nSPS) is 11.6. The maximum absolute atomic E-state index is 11.4. The zero-order valence-corrected chi connectivity index (χ0v) is 14.6. The lowest BCUT2D eigenvalue weighted by Gasteiger charge is -2.16. The molecule has 3 heteroatoms. The van der Waals surface area contributed by atoms with Gasteiger partial charge in [-0.3, -0.25) is 0 Å². The van der Waals surface area contributed by atoms with Gasteiger partial charge in [0.15, 0.2) is 0 Å². The van der Waals surface area contributed by atoms with Gasteiger partial charge in [0.05, 0.1) is 20.7 Å². The molecule has 2 rings (SSSR count). The lowest BCUT2D eigenvalue weighted by molar-refractivity contribution is 0.0600. The van der Waals surface area contributed by atoms with E-state index in [-0.39, 0.29) is 5.97 Å². The molecule has 0 unspecified atom stereocenters. The van der Waals surface area contributed by atoms with Crippen LogP contribution >= 0.6 is 0 Å². The Balaban J connectivity index is 2.17. The molecule has 0 radical (unpaired) electrons. The highest BCUT2D eigenvalue weighted by Gasteiger charge is 2.15. The average Bonchev–Trinajstić information content (AvgIpc) is 2.52. The van der Waals surface area contributed by atoms with E-state index in [1.165, 1.54) is 17.9 Å². The van der Waals surface area contributed by atoms with E-state index < -0.39 is 8.07 Å². The first kappa shape index (κ1) is 16.2. The van der Waals surface area contributed by atoms with Gasteiger partial charge in [-0.15, -0.1) is 0 Å². The average molecular weight is 310 g/mol. The van der Waals surface area contributed by atoms with E-state index in [1.54, 1.807) is 12.1 Å². The third kappa shape index (κ3) is 4.18. The standard InChI is InChI=1S/C19H22O2Si/c1-21-19(20)17-12-10-15(11-13-17)8-9-16-6-5-7-18(14-16)22(2,3)4/h5-14H,1-4H3/b9-8+. The van der Waals surface area contributed by atoms with Gasteiger partial charge in [-0.1, -0.05) is 73.4 Å². The largest absolute Gasteiger partial charge is 0.465 e. The lowest BCUT2D eigenvalue weighted by Crippen LogP contribution is -2.37. The maximum Gasteiger partial charge on any atom is 0.337 e. The van der Waals surface area contributed by atoms with Crippen LogP contribution in [0.3, 0.4) is 0 Å². The van der Waals surface area contributed by atoms with E-state index in [9.17, 15) is 4.79 Å². The van der Waals surface area contributed by atoms with Crippen molar-refractivity contribution in [1.29, 1.82) is 0 Å². The molecule has 2 nitrogen and oxygen atoms in total. The number of ether oxygens (including phenoxy) is 1. The van der Waals surface area contributed by atoms with Crippen molar-refractivity contribution in [3.05, 3.63) is 65.2 Å². The Morgan fingerprint density at radius 2 is 1.59 bits per heavy atom. The number of carbonyl (C=O) groups excluding carboxylic acids is 1. The van der Waals surface area contributed by atoms with E-state index >= 15 is 0 Å². The van der Waals surface area contributed by atoms with Gasteiger partial charge in [-0.05, 0) is 23.3 Å². The summed E-state index contributed by atoms with van der Waals surface area (Å²) < 4.78 is 4.70. The molecule has 2 aromatic carbocycles. The van der Waals surface area contributed by atoms with Gasteiger partial charge in [0, 0.05) is 0 Å². The minimum absolute atomic E-state index is 0.307. The van der Waals surface area contributed by atoms with Crippen LogP contribution in [0.5, 0.6) is 0 Å². The minimum atomic E-state index is -1.28. The highest BCUT2D eigenvalue weighted by atomic mass is 28.3. The first-order valence-corrected chi connectivity index (χ1v) is 10.9. The molecule has 2 aromatic rings. The van der Waals surface area contributed by atoms with Crippen LogP contribution in [0.25, 0.3) is 12.2 Å². The second-order valence-electron chi connectivity index (χ2n) is 6.32. The number of methoxy groups -OCH3 is 1. The van der Waals surface area contributed by atoms with Gasteiger partial charge < -0.3 is 4.74 Å². The first-order chi connectivity index (χ1) is 10.4. The Hall–Kier alpha value is -2.13. The van der Waals surface area contributed by atoms with Crippen LogP contribution in [0, 0.1) is 0 Å². The van der Waals surface area contributed by atoms with Gasteiger partial charge in [-0.2, -0.15) is 0 Å². The molecular formula is C19H22O2Si. The summed E-state index contributed by atoms with van der Waals surface area (Å²) in [7, 11) is 0.108. The molecule has 0 bridgehead atoms. The fourth-order valence-electron chi connectivity index (χ4n) is 2.15. The fraction of sp³-hybridized carbons (Fsp3) is 0.211. The van der Waals surface area contributed by atoms with Crippen LogP contribution in [0.1, 0.15) is 21.5 Å². The molecule has 114 valence electrons. The second kappa shape index (κ2) is 6.75. The molecule has 0 aliphatic rings. The van der Waals surface area contributed by atoms with Crippen molar-refractivity contribution in [1.82, 2.24) is 0 Å². The van der Waals surface area contributed by atoms with Crippen LogP contribution in [-0.2, 0) is 4.74 Å². The third-order valence-electron chi connectivity index (χ3n) is 3.55. The van der Waals surface area contributed by atoms with Crippen molar-refractivity contribution in [3.63, 3.8) is 0 Å². The number of carbonyl (C=O) groups is 1. The molecule has 22 heavy (non-hydrogen) atoms. The van der Waals surface area contributed by atoms with Crippen LogP contribution in [-0.4, -0.2) is 21.2 Å². The van der Waals surface area contributed by atoms with Crippen molar-refractivity contribution in [2.75, 3.05) is 7.11 Å². The van der Waals surface area contributed by atoms with E-state index in [0.29, 0.717) is 5.56 Å². The zero-order chi connectivity index (χ0) is 16.2. The Kier molecular flexibility index (Phi) is 4.98. The predicted octanol–water partition coefficient (Wildman–Crippen LogP) is 4.19. The summed E-state index contributed by atoms with van der Waals surface area (Å²) in [4.78, 5) is 11.4. The van der Waals surface area contributed by atoms with E-state index in [1.807, 2.05) is 12.1 Å². The molecule has 0 amide bonds. The number of hydrogen-bond acceptors (Lipinski definition) is 2. The van der Waals surface area contributed by atoms with Crippen molar-refractivity contribution in [3.8, 4) is 0 Å². The Bertz CT molecular complexity index is 679. The molecule has 0 fully saturated rings. The number of hydrogen-bond donors (Lipinski definition) is 0. The smallest absolute Gasteiger partial charge is 0.337 e. The van der Waals surface area contributed by atoms with Gasteiger partial charge in [0.2, 0.25) is 0 Å². The third-order valence-corrected chi connectivity index (χ3v) is 5.60. The molecule has 0 aromatic heterocycles. The summed E-state index contributed by atoms with van der Waals surface area (Å²) in [5, 5.41) is 1.45. The van der Waals surface area contributed by atoms with Crippen LogP contribution in [0.4, 0.5) is 0 Å². The molecule has 0 spiro atoms. The summed E-state index contributed by atoms with van der Waals surface area (Å²) in [6.07, 6.45) is 4.17. The van der Waals surface area contributed by atoms with E-state index in [2.05, 4.69) is 56.1 Å². The van der Waals surface area contributed by atoms with Crippen molar-refractivity contribution < 1.29 is 9.53 Å². The molecule has 0 heterocycles. The van der Waals surface area contributed by atoms with Crippen molar-refractivity contribution in [2.45, 2.75) is 19.6 Å². The maximum atomic E-state index is 11.4. The number of rotatable bonds is 4. The number of benzene rings is 2. The second-order valence-corrected chi connectivity index (χ2v) is 11.4. The van der Waals surface area contributed by atoms with Crippen LogP contribution in [0.2, 0.25) is 19.6 Å². The molecule has 0 saturated heterocycles.